The zero-order valence-electron chi connectivity index (χ0n) is 15.1. The van der Waals surface area contributed by atoms with Crippen molar-refractivity contribution >= 4 is 16.9 Å². The third kappa shape index (κ3) is 3.59. The molecule has 2 N–H and O–H groups in total. The van der Waals surface area contributed by atoms with Gasteiger partial charge in [-0.3, -0.25) is 4.79 Å². The molecule has 1 unspecified atom stereocenters. The molecule has 4 nitrogen and oxygen atoms in total. The van der Waals surface area contributed by atoms with E-state index in [9.17, 15) is 4.79 Å². The summed E-state index contributed by atoms with van der Waals surface area (Å²) in [6, 6.07) is 10.6. The predicted molar refractivity (Wildman–Crippen MR) is 98.4 cm³/mol. The molecule has 2 heterocycles. The van der Waals surface area contributed by atoms with Crippen LogP contribution < -0.4 is 10.2 Å². The highest BCUT2D eigenvalue weighted by atomic mass is 16.3. The molecule has 4 heteroatoms. The van der Waals surface area contributed by atoms with E-state index in [0.29, 0.717) is 12.6 Å². The number of para-hydroxylation sites is 1. The van der Waals surface area contributed by atoms with Crippen molar-refractivity contribution in [2.75, 3.05) is 13.1 Å². The maximum absolute atomic E-state index is 12.6. The summed E-state index contributed by atoms with van der Waals surface area (Å²) in [6.45, 7) is 3.75. The van der Waals surface area contributed by atoms with Crippen molar-refractivity contribution < 1.29 is 14.1 Å². The van der Waals surface area contributed by atoms with E-state index < -0.39 is 0 Å². The average molecular weight is 341 g/mol. The quantitative estimate of drug-likeness (QED) is 0.898. The Morgan fingerprint density at radius 1 is 1.24 bits per heavy atom. The molecule has 4 atom stereocenters. The fourth-order valence-corrected chi connectivity index (χ4v) is 4.87. The molecule has 4 rings (SSSR count). The monoisotopic (exact) mass is 341 g/mol. The van der Waals surface area contributed by atoms with Crippen LogP contribution in [0.25, 0.3) is 11.0 Å². The highest BCUT2D eigenvalue weighted by Crippen LogP contribution is 2.28. The van der Waals surface area contributed by atoms with Gasteiger partial charge in [0.2, 0.25) is 0 Å². The zero-order chi connectivity index (χ0) is 17.2. The topological polar surface area (TPSA) is 46.7 Å². The molecular formula is C21H29N2O2+. The van der Waals surface area contributed by atoms with Crippen LogP contribution in [-0.2, 0) is 4.79 Å². The van der Waals surface area contributed by atoms with Gasteiger partial charge in [-0.05, 0) is 51.2 Å². The first-order valence-electron chi connectivity index (χ1n) is 9.83. The fourth-order valence-electron chi connectivity index (χ4n) is 4.87. The number of nitrogens with one attached hydrogen (secondary N) is 2. The Kier molecular flexibility index (Phi) is 4.80. The van der Waals surface area contributed by atoms with Crippen molar-refractivity contribution in [2.45, 2.75) is 57.5 Å². The van der Waals surface area contributed by atoms with Gasteiger partial charge >= 0.3 is 0 Å². The number of rotatable bonds is 4. The highest BCUT2D eigenvalue weighted by molar-refractivity contribution is 5.79. The number of carbonyl (C=O) groups excluding carboxylic acids is 1. The number of likely N-dealkylation sites (tertiary alicyclic amines) is 1. The first kappa shape index (κ1) is 16.6. The molecule has 0 spiro atoms. The normalized spacial score (nSPS) is 27.6. The third-order valence-electron chi connectivity index (χ3n) is 6.14. The molecule has 1 aliphatic carbocycles. The summed E-state index contributed by atoms with van der Waals surface area (Å²) in [6.07, 6.45) is 8.01. The van der Waals surface area contributed by atoms with Gasteiger partial charge in [0.25, 0.3) is 5.91 Å². The molecule has 134 valence electrons. The molecule has 1 aromatic carbocycles. The molecule has 2 fully saturated rings. The number of benzene rings is 1. The van der Waals surface area contributed by atoms with Gasteiger partial charge in [0, 0.05) is 11.3 Å². The summed E-state index contributed by atoms with van der Waals surface area (Å²) in [5.41, 5.74) is 0.880. The number of furan rings is 1. The zero-order valence-corrected chi connectivity index (χ0v) is 15.1. The molecule has 1 aromatic heterocycles. The van der Waals surface area contributed by atoms with Gasteiger partial charge in [0.1, 0.15) is 11.3 Å². The van der Waals surface area contributed by atoms with Crippen molar-refractivity contribution in [2.24, 2.45) is 5.92 Å². The van der Waals surface area contributed by atoms with E-state index in [1.165, 1.54) is 43.4 Å². The van der Waals surface area contributed by atoms with Gasteiger partial charge in [-0.25, -0.2) is 0 Å². The van der Waals surface area contributed by atoms with Gasteiger partial charge in [-0.1, -0.05) is 24.6 Å². The fraction of sp³-hybridized carbons (Fsp3) is 0.571. The minimum atomic E-state index is -0.0914. The van der Waals surface area contributed by atoms with Gasteiger partial charge in [-0.2, -0.15) is 0 Å². The maximum atomic E-state index is 12.6. The predicted octanol–water partition coefficient (Wildman–Crippen LogP) is 2.85. The minimum Gasteiger partial charge on any atom is -0.459 e. The van der Waals surface area contributed by atoms with Crippen LogP contribution >= 0.6 is 0 Å². The number of fused-ring (bicyclic) bond motifs is 2. The third-order valence-corrected chi connectivity index (χ3v) is 6.14. The Labute approximate surface area is 149 Å². The first-order chi connectivity index (χ1) is 12.2. The van der Waals surface area contributed by atoms with Crippen LogP contribution in [0.3, 0.4) is 0 Å². The van der Waals surface area contributed by atoms with Crippen LogP contribution in [0.4, 0.5) is 0 Å². The number of hydrogen-bond acceptors (Lipinski definition) is 2. The lowest BCUT2D eigenvalue weighted by Gasteiger charge is -2.40. The van der Waals surface area contributed by atoms with Crippen LogP contribution in [0.5, 0.6) is 0 Å². The number of carbonyl (C=O) groups is 1. The number of quaternary nitrogens is 1. The lowest BCUT2D eigenvalue weighted by molar-refractivity contribution is -0.928. The van der Waals surface area contributed by atoms with Crippen LogP contribution in [0.1, 0.15) is 57.3 Å². The summed E-state index contributed by atoms with van der Waals surface area (Å²) >= 11 is 0. The van der Waals surface area contributed by atoms with Crippen molar-refractivity contribution in [1.29, 1.82) is 0 Å². The van der Waals surface area contributed by atoms with Crippen molar-refractivity contribution in [1.82, 2.24) is 5.32 Å². The SMILES string of the molecule is C[C@@H](NC(=O)C[NH+]1CCC[C@H]2CCCC[C@@H]21)c1cc2ccccc2o1. The summed E-state index contributed by atoms with van der Waals surface area (Å²) in [5.74, 6) is 1.83. The summed E-state index contributed by atoms with van der Waals surface area (Å²) in [5, 5.41) is 4.23. The smallest absolute Gasteiger partial charge is 0.275 e. The maximum Gasteiger partial charge on any atom is 0.275 e. The second-order valence-corrected chi connectivity index (χ2v) is 7.85. The van der Waals surface area contributed by atoms with Crippen LogP contribution in [0.15, 0.2) is 34.7 Å². The molecule has 2 aromatic rings. The summed E-state index contributed by atoms with van der Waals surface area (Å²) < 4.78 is 5.89. The molecule has 0 bridgehead atoms. The van der Waals surface area contributed by atoms with Crippen molar-refractivity contribution in [3.05, 3.63) is 36.1 Å². The average Bonchev–Trinajstić information content (AvgIpc) is 3.06. The molecule has 1 amide bonds. The molecule has 2 aliphatic rings. The second kappa shape index (κ2) is 7.20. The molecule has 0 radical (unpaired) electrons. The van der Waals surface area contributed by atoms with Gasteiger partial charge < -0.3 is 14.6 Å². The Bertz CT molecular complexity index is 703. The minimum absolute atomic E-state index is 0.0914. The lowest BCUT2D eigenvalue weighted by atomic mass is 9.78. The summed E-state index contributed by atoms with van der Waals surface area (Å²) in [7, 11) is 0. The van der Waals surface area contributed by atoms with Gasteiger partial charge in [0.05, 0.1) is 18.6 Å². The van der Waals surface area contributed by atoms with E-state index in [1.54, 1.807) is 0 Å². The van der Waals surface area contributed by atoms with E-state index in [1.807, 2.05) is 37.3 Å². The van der Waals surface area contributed by atoms with E-state index in [0.717, 1.165) is 29.2 Å². The van der Waals surface area contributed by atoms with Crippen LogP contribution in [0.2, 0.25) is 0 Å². The van der Waals surface area contributed by atoms with Crippen molar-refractivity contribution in [3.8, 4) is 0 Å². The van der Waals surface area contributed by atoms with Crippen molar-refractivity contribution in [3.63, 3.8) is 0 Å². The number of amides is 1. The van der Waals surface area contributed by atoms with Gasteiger partial charge in [0.15, 0.2) is 6.54 Å². The largest absolute Gasteiger partial charge is 0.459 e. The molecule has 1 saturated heterocycles. The molecule has 25 heavy (non-hydrogen) atoms. The molecule has 1 saturated carbocycles. The standard InChI is InChI=1S/C21H28N2O2/c1-15(20-13-17-8-3-5-11-19(17)25-20)22-21(24)14-23-12-6-9-16-7-2-4-10-18(16)23/h3,5,8,11,13,15-16,18H,2,4,6-7,9-10,12,14H2,1H3,(H,22,24)/p+1/t15-,16-,18+/m1/s1. The highest BCUT2D eigenvalue weighted by Gasteiger charge is 2.37. The summed E-state index contributed by atoms with van der Waals surface area (Å²) in [4.78, 5) is 14.1. The second-order valence-electron chi connectivity index (χ2n) is 7.85. The number of hydrogen-bond donors (Lipinski definition) is 2. The Hall–Kier alpha value is -1.81. The van der Waals surface area contributed by atoms with E-state index in [-0.39, 0.29) is 11.9 Å². The molecular weight excluding hydrogens is 312 g/mol. The Balaban J connectivity index is 1.37. The first-order valence-corrected chi connectivity index (χ1v) is 9.83. The van der Waals surface area contributed by atoms with Gasteiger partial charge in [-0.15, -0.1) is 0 Å². The van der Waals surface area contributed by atoms with E-state index >= 15 is 0 Å². The number of piperidine rings is 1. The van der Waals surface area contributed by atoms with E-state index in [4.69, 9.17) is 4.42 Å². The van der Waals surface area contributed by atoms with E-state index in [2.05, 4.69) is 5.32 Å². The van der Waals surface area contributed by atoms with Crippen LogP contribution in [0, 0.1) is 5.92 Å². The lowest BCUT2D eigenvalue weighted by Crippen LogP contribution is -3.18. The Morgan fingerprint density at radius 3 is 2.92 bits per heavy atom. The Morgan fingerprint density at radius 2 is 2.04 bits per heavy atom. The molecule has 1 aliphatic heterocycles. The van der Waals surface area contributed by atoms with Crippen LogP contribution in [-0.4, -0.2) is 25.0 Å².